The fourth-order valence-electron chi connectivity index (χ4n) is 4.10. The van der Waals surface area contributed by atoms with Gasteiger partial charge in [0.1, 0.15) is 6.04 Å². The number of fused-ring (bicyclic) bond motifs is 1. The number of nitrogens with one attached hydrogen (secondary N) is 1. The molecule has 0 fully saturated rings. The lowest BCUT2D eigenvalue weighted by Crippen LogP contribution is -2.49. The van der Waals surface area contributed by atoms with E-state index in [-0.39, 0.29) is 28.2 Å². The molecule has 1 aliphatic rings. The van der Waals surface area contributed by atoms with E-state index in [1.165, 1.54) is 30.3 Å². The molecule has 1 N–H and O–H groups in total. The van der Waals surface area contributed by atoms with Crippen LogP contribution in [0.3, 0.4) is 0 Å². The third kappa shape index (κ3) is 5.29. The van der Waals surface area contributed by atoms with Crippen LogP contribution in [-0.2, 0) is 14.3 Å². The van der Waals surface area contributed by atoms with Crippen molar-refractivity contribution >= 4 is 46.8 Å². The third-order valence-electron chi connectivity index (χ3n) is 5.86. The number of hydrogen-bond acceptors (Lipinski definition) is 6. The minimum absolute atomic E-state index is 0.171. The van der Waals surface area contributed by atoms with E-state index < -0.39 is 42.3 Å². The van der Waals surface area contributed by atoms with E-state index in [4.69, 9.17) is 16.3 Å². The highest BCUT2D eigenvalue weighted by molar-refractivity contribution is 6.31. The summed E-state index contributed by atoms with van der Waals surface area (Å²) in [6, 6.07) is 18.0. The van der Waals surface area contributed by atoms with Crippen LogP contribution in [0.1, 0.15) is 50.5 Å². The summed E-state index contributed by atoms with van der Waals surface area (Å²) in [5.41, 5.74) is 1.20. The maximum atomic E-state index is 13.0. The molecule has 3 aromatic rings. The van der Waals surface area contributed by atoms with E-state index in [1.807, 2.05) is 0 Å². The van der Waals surface area contributed by atoms with Crippen LogP contribution in [0.2, 0.25) is 5.02 Å². The Balaban J connectivity index is 1.46. The summed E-state index contributed by atoms with van der Waals surface area (Å²) in [5, 5.41) is 2.88. The molecule has 0 saturated carbocycles. The van der Waals surface area contributed by atoms with Crippen LogP contribution in [0.25, 0.3) is 0 Å². The Morgan fingerprint density at radius 3 is 2.08 bits per heavy atom. The fourth-order valence-corrected chi connectivity index (χ4v) is 4.28. The normalized spacial score (nSPS) is 13.4. The lowest BCUT2D eigenvalue weighted by molar-refractivity contribution is -0.152. The Bertz CT molecular complexity index is 1370. The standard InChI is InChI=1S/C28H23ClN2O6/c1-16(2)24(31-26(34)19-10-6-7-11-20(19)27(31)35)28(36)37-15-23(32)30-22-13-12-18(29)14-21(22)25(33)17-8-4-3-5-9-17/h3-14,16,24H,15H2,1-2H3,(H,30,32)/t24-/m1/s1. The Hall–Kier alpha value is -4.30. The molecular weight excluding hydrogens is 496 g/mol. The van der Waals surface area contributed by atoms with Crippen molar-refractivity contribution in [2.45, 2.75) is 19.9 Å². The van der Waals surface area contributed by atoms with Crippen LogP contribution in [-0.4, -0.2) is 47.0 Å². The molecule has 0 aliphatic carbocycles. The molecule has 1 aliphatic heterocycles. The minimum atomic E-state index is -1.22. The Kier molecular flexibility index (Phi) is 7.50. The topological polar surface area (TPSA) is 110 Å². The maximum Gasteiger partial charge on any atom is 0.330 e. The average molecular weight is 519 g/mol. The molecule has 1 atom stereocenters. The van der Waals surface area contributed by atoms with Gasteiger partial charge in [-0.2, -0.15) is 0 Å². The van der Waals surface area contributed by atoms with Crippen LogP contribution in [0.15, 0.2) is 72.8 Å². The summed E-state index contributed by atoms with van der Waals surface area (Å²) in [5.74, 6) is -3.60. The average Bonchev–Trinajstić information content (AvgIpc) is 3.14. The predicted octanol–water partition coefficient (Wildman–Crippen LogP) is 4.37. The van der Waals surface area contributed by atoms with Crippen molar-refractivity contribution in [2.75, 3.05) is 11.9 Å². The summed E-state index contributed by atoms with van der Waals surface area (Å²) in [6.07, 6.45) is 0. The van der Waals surface area contributed by atoms with Crippen LogP contribution < -0.4 is 5.32 Å². The quantitative estimate of drug-likeness (QED) is 0.269. The zero-order chi connectivity index (χ0) is 26.7. The molecule has 3 amide bonds. The van der Waals surface area contributed by atoms with Gasteiger partial charge in [-0.05, 0) is 36.2 Å². The number of benzene rings is 3. The predicted molar refractivity (Wildman–Crippen MR) is 136 cm³/mol. The fraction of sp³-hybridized carbons (Fsp3) is 0.179. The van der Waals surface area contributed by atoms with Gasteiger partial charge in [0.2, 0.25) is 0 Å². The highest BCUT2D eigenvalue weighted by atomic mass is 35.5. The Morgan fingerprint density at radius 2 is 1.49 bits per heavy atom. The smallest absolute Gasteiger partial charge is 0.330 e. The molecule has 0 saturated heterocycles. The van der Waals surface area contributed by atoms with Crippen molar-refractivity contribution in [1.82, 2.24) is 4.90 Å². The monoisotopic (exact) mass is 518 g/mol. The molecule has 0 bridgehead atoms. The van der Waals surface area contributed by atoms with Crippen LogP contribution >= 0.6 is 11.6 Å². The number of ether oxygens (including phenoxy) is 1. The second kappa shape index (κ2) is 10.8. The maximum absolute atomic E-state index is 13.0. The number of carbonyl (C=O) groups excluding carboxylic acids is 5. The van der Waals surface area contributed by atoms with Gasteiger partial charge >= 0.3 is 5.97 Å². The van der Waals surface area contributed by atoms with Crippen LogP contribution in [0, 0.1) is 5.92 Å². The van der Waals surface area contributed by atoms with E-state index in [2.05, 4.69) is 5.32 Å². The molecule has 1 heterocycles. The van der Waals surface area contributed by atoms with Gasteiger partial charge in [0.15, 0.2) is 12.4 Å². The van der Waals surface area contributed by atoms with Gasteiger partial charge in [-0.25, -0.2) is 4.79 Å². The van der Waals surface area contributed by atoms with Gasteiger partial charge in [-0.1, -0.05) is 67.9 Å². The van der Waals surface area contributed by atoms with Gasteiger partial charge in [0.25, 0.3) is 17.7 Å². The third-order valence-corrected chi connectivity index (χ3v) is 6.09. The molecule has 8 nitrogen and oxygen atoms in total. The number of rotatable bonds is 8. The molecular formula is C28H23ClN2O6. The summed E-state index contributed by atoms with van der Waals surface area (Å²) >= 11 is 6.08. The first kappa shape index (κ1) is 25.8. The Morgan fingerprint density at radius 1 is 0.892 bits per heavy atom. The van der Waals surface area contributed by atoms with E-state index in [0.717, 1.165) is 4.90 Å². The number of ketones is 1. The largest absolute Gasteiger partial charge is 0.454 e. The van der Waals surface area contributed by atoms with Gasteiger partial charge in [0, 0.05) is 16.1 Å². The van der Waals surface area contributed by atoms with E-state index in [1.54, 1.807) is 56.3 Å². The van der Waals surface area contributed by atoms with Crippen molar-refractivity contribution in [3.05, 3.63) is 100 Å². The zero-order valence-corrected chi connectivity index (χ0v) is 20.8. The number of hydrogen-bond donors (Lipinski definition) is 1. The molecule has 0 radical (unpaired) electrons. The van der Waals surface area contributed by atoms with Crippen LogP contribution in [0.5, 0.6) is 0 Å². The van der Waals surface area contributed by atoms with E-state index in [0.29, 0.717) is 10.6 Å². The number of halogens is 1. The summed E-state index contributed by atoms with van der Waals surface area (Å²) in [7, 11) is 0. The number of nitrogens with zero attached hydrogens (tertiary/aromatic N) is 1. The number of esters is 1. The molecule has 9 heteroatoms. The second-order valence-electron chi connectivity index (χ2n) is 8.76. The lowest BCUT2D eigenvalue weighted by atomic mass is 10.0. The van der Waals surface area contributed by atoms with Gasteiger partial charge in [0.05, 0.1) is 16.8 Å². The first-order valence-electron chi connectivity index (χ1n) is 11.5. The summed E-state index contributed by atoms with van der Waals surface area (Å²) in [6.45, 7) is 2.66. The molecule has 0 spiro atoms. The van der Waals surface area contributed by atoms with Gasteiger partial charge in [-0.15, -0.1) is 0 Å². The van der Waals surface area contributed by atoms with E-state index in [9.17, 15) is 24.0 Å². The van der Waals surface area contributed by atoms with Gasteiger partial charge < -0.3 is 10.1 Å². The van der Waals surface area contributed by atoms with Crippen LogP contribution in [0.4, 0.5) is 5.69 Å². The molecule has 4 rings (SSSR count). The van der Waals surface area contributed by atoms with Crippen molar-refractivity contribution in [3.8, 4) is 0 Å². The lowest BCUT2D eigenvalue weighted by Gasteiger charge is -2.27. The molecule has 0 aromatic heterocycles. The zero-order valence-electron chi connectivity index (χ0n) is 20.1. The highest BCUT2D eigenvalue weighted by Crippen LogP contribution is 2.28. The highest BCUT2D eigenvalue weighted by Gasteiger charge is 2.44. The van der Waals surface area contributed by atoms with Crippen molar-refractivity contribution in [3.63, 3.8) is 0 Å². The van der Waals surface area contributed by atoms with Crippen molar-refractivity contribution in [1.29, 1.82) is 0 Å². The number of imide groups is 1. The molecule has 37 heavy (non-hydrogen) atoms. The number of amides is 3. The minimum Gasteiger partial charge on any atom is -0.454 e. The van der Waals surface area contributed by atoms with E-state index >= 15 is 0 Å². The number of anilines is 1. The molecule has 3 aromatic carbocycles. The number of carbonyl (C=O) groups is 5. The second-order valence-corrected chi connectivity index (χ2v) is 9.19. The van der Waals surface area contributed by atoms with Crippen molar-refractivity contribution in [2.24, 2.45) is 5.92 Å². The SMILES string of the molecule is CC(C)[C@H](C(=O)OCC(=O)Nc1ccc(Cl)cc1C(=O)c1ccccc1)N1C(=O)c2ccccc2C1=O. The Labute approximate surface area is 218 Å². The molecule has 188 valence electrons. The first-order valence-corrected chi connectivity index (χ1v) is 11.9. The molecule has 0 unspecified atom stereocenters. The summed E-state index contributed by atoms with van der Waals surface area (Å²) in [4.78, 5) is 65.2. The first-order chi connectivity index (χ1) is 17.7. The summed E-state index contributed by atoms with van der Waals surface area (Å²) < 4.78 is 5.21. The van der Waals surface area contributed by atoms with Gasteiger partial charge in [-0.3, -0.25) is 24.1 Å². The van der Waals surface area contributed by atoms with Crippen molar-refractivity contribution < 1.29 is 28.7 Å².